The van der Waals surface area contributed by atoms with Crippen LogP contribution in [0.25, 0.3) is 6.08 Å². The Morgan fingerprint density at radius 2 is 2.00 bits per heavy atom. The summed E-state index contributed by atoms with van der Waals surface area (Å²) in [5, 5.41) is 0.591. The minimum atomic E-state index is -0.617. The highest BCUT2D eigenvalue weighted by Crippen LogP contribution is 2.37. The minimum absolute atomic E-state index is 0.0776. The molecule has 0 atom stereocenters. The quantitative estimate of drug-likeness (QED) is 0.198. The van der Waals surface area contributed by atoms with Crippen LogP contribution in [0.15, 0.2) is 41.0 Å². The van der Waals surface area contributed by atoms with E-state index >= 15 is 0 Å². The molecular formula is C21H16Cl2INO5. The number of benzene rings is 2. The molecule has 2 aromatic rings. The van der Waals surface area contributed by atoms with E-state index in [1.807, 2.05) is 13.0 Å². The normalized spacial score (nSPS) is 14.5. The number of cyclic esters (lactones) is 1. The Morgan fingerprint density at radius 1 is 1.23 bits per heavy atom. The van der Waals surface area contributed by atoms with Crippen LogP contribution in [0.4, 0.5) is 0 Å². The van der Waals surface area contributed by atoms with Gasteiger partial charge in [0.25, 0.3) is 0 Å². The number of hydrogen-bond donors (Lipinski definition) is 0. The van der Waals surface area contributed by atoms with Crippen molar-refractivity contribution in [1.29, 1.82) is 0 Å². The number of hydrogen-bond acceptors (Lipinski definition) is 6. The van der Waals surface area contributed by atoms with E-state index in [-0.39, 0.29) is 34.5 Å². The van der Waals surface area contributed by atoms with Crippen molar-refractivity contribution in [3.63, 3.8) is 0 Å². The Balaban J connectivity index is 1.95. The van der Waals surface area contributed by atoms with Gasteiger partial charge in [0.05, 0.1) is 22.7 Å². The van der Waals surface area contributed by atoms with Crippen molar-refractivity contribution >= 4 is 69.7 Å². The predicted molar refractivity (Wildman–Crippen MR) is 123 cm³/mol. The molecular weight excluding hydrogens is 544 g/mol. The van der Waals surface area contributed by atoms with Crippen molar-refractivity contribution in [3.8, 4) is 11.5 Å². The molecule has 0 radical (unpaired) electrons. The highest BCUT2D eigenvalue weighted by Gasteiger charge is 2.26. The second-order valence-electron chi connectivity index (χ2n) is 6.22. The van der Waals surface area contributed by atoms with Crippen molar-refractivity contribution in [2.24, 2.45) is 4.99 Å². The molecule has 156 valence electrons. The highest BCUT2D eigenvalue weighted by molar-refractivity contribution is 14.1. The number of methoxy groups -OCH3 is 1. The van der Waals surface area contributed by atoms with Crippen LogP contribution in [-0.4, -0.2) is 24.9 Å². The van der Waals surface area contributed by atoms with Gasteiger partial charge in [0, 0.05) is 9.99 Å². The van der Waals surface area contributed by atoms with Gasteiger partial charge >= 0.3 is 11.9 Å². The number of ether oxygens (including phenoxy) is 3. The lowest BCUT2D eigenvalue weighted by atomic mass is 10.1. The fraction of sp³-hybridized carbons (Fsp3) is 0.190. The maximum atomic E-state index is 12.3. The second-order valence-corrected chi connectivity index (χ2v) is 8.28. The summed E-state index contributed by atoms with van der Waals surface area (Å²) < 4.78 is 16.8. The maximum Gasteiger partial charge on any atom is 0.363 e. The topological polar surface area (TPSA) is 74.2 Å². The van der Waals surface area contributed by atoms with E-state index in [0.717, 1.165) is 3.57 Å². The van der Waals surface area contributed by atoms with Crippen molar-refractivity contribution in [2.75, 3.05) is 7.11 Å². The van der Waals surface area contributed by atoms with Crippen LogP contribution in [0.1, 0.15) is 30.9 Å². The minimum Gasteiger partial charge on any atom is -0.493 e. The molecule has 0 N–H and O–H groups in total. The van der Waals surface area contributed by atoms with Gasteiger partial charge in [-0.3, -0.25) is 4.79 Å². The molecule has 0 unspecified atom stereocenters. The van der Waals surface area contributed by atoms with E-state index in [2.05, 4.69) is 27.6 Å². The summed E-state index contributed by atoms with van der Waals surface area (Å²) in [5.41, 5.74) is 1.13. The van der Waals surface area contributed by atoms with E-state index in [9.17, 15) is 9.59 Å². The number of nitrogens with zero attached hydrogens (tertiary/aromatic N) is 1. The Morgan fingerprint density at radius 3 is 2.70 bits per heavy atom. The first-order chi connectivity index (χ1) is 14.3. The number of carbonyl (C=O) groups excluding carboxylic acids is 2. The molecule has 1 heterocycles. The molecule has 0 saturated carbocycles. The van der Waals surface area contributed by atoms with Gasteiger partial charge in [-0.25, -0.2) is 9.79 Å². The average molecular weight is 560 g/mol. The molecule has 1 aliphatic rings. The van der Waals surface area contributed by atoms with Crippen molar-refractivity contribution < 1.29 is 23.8 Å². The van der Waals surface area contributed by atoms with Crippen LogP contribution < -0.4 is 9.47 Å². The molecule has 9 heteroatoms. The molecule has 0 aromatic heterocycles. The zero-order valence-corrected chi connectivity index (χ0v) is 19.7. The summed E-state index contributed by atoms with van der Waals surface area (Å²) in [6, 6.07) is 8.46. The summed E-state index contributed by atoms with van der Waals surface area (Å²) in [6.07, 6.45) is 2.41. The van der Waals surface area contributed by atoms with E-state index < -0.39 is 11.9 Å². The smallest absolute Gasteiger partial charge is 0.363 e. The molecule has 1 aliphatic heterocycles. The lowest BCUT2D eigenvalue weighted by molar-refractivity contribution is -0.134. The fourth-order valence-corrected chi connectivity index (χ4v) is 3.58. The van der Waals surface area contributed by atoms with Crippen molar-refractivity contribution in [1.82, 2.24) is 0 Å². The third kappa shape index (κ3) is 5.14. The lowest BCUT2D eigenvalue weighted by Gasteiger charge is -2.11. The summed E-state index contributed by atoms with van der Waals surface area (Å²) in [6.45, 7) is 1.87. The molecule has 0 spiro atoms. The van der Waals surface area contributed by atoms with E-state index in [1.165, 1.54) is 13.2 Å². The first kappa shape index (κ1) is 22.6. The largest absolute Gasteiger partial charge is 0.493 e. The molecule has 2 aromatic carbocycles. The predicted octanol–water partition coefficient (Wildman–Crippen LogP) is 5.66. The molecule has 3 rings (SSSR count). The van der Waals surface area contributed by atoms with Gasteiger partial charge in [-0.15, -0.1) is 0 Å². The van der Waals surface area contributed by atoms with Gasteiger partial charge in [0.1, 0.15) is 0 Å². The monoisotopic (exact) mass is 559 g/mol. The van der Waals surface area contributed by atoms with Crippen molar-refractivity contribution in [2.45, 2.75) is 19.8 Å². The molecule has 0 saturated heterocycles. The first-order valence-electron chi connectivity index (χ1n) is 8.88. The van der Waals surface area contributed by atoms with Gasteiger partial charge in [0.15, 0.2) is 17.2 Å². The Hall–Kier alpha value is -2.10. The highest BCUT2D eigenvalue weighted by atomic mass is 127. The summed E-state index contributed by atoms with van der Waals surface area (Å²) in [7, 11) is 1.43. The molecule has 6 nitrogen and oxygen atoms in total. The van der Waals surface area contributed by atoms with E-state index in [1.54, 1.807) is 24.3 Å². The van der Waals surface area contributed by atoms with Crippen LogP contribution in [0.5, 0.6) is 11.5 Å². The third-order valence-corrected chi connectivity index (χ3v) is 5.29. The van der Waals surface area contributed by atoms with Gasteiger partial charge in [0.2, 0.25) is 5.90 Å². The van der Waals surface area contributed by atoms with Crippen molar-refractivity contribution in [3.05, 3.63) is 60.8 Å². The van der Waals surface area contributed by atoms with Crippen LogP contribution in [-0.2, 0) is 14.3 Å². The van der Waals surface area contributed by atoms with Gasteiger partial charge in [-0.2, -0.15) is 0 Å². The molecule has 0 aliphatic carbocycles. The maximum absolute atomic E-state index is 12.3. The van der Waals surface area contributed by atoms with Gasteiger partial charge in [-0.05, 0) is 71.0 Å². The average Bonchev–Trinajstić information content (AvgIpc) is 3.06. The Labute approximate surface area is 197 Å². The summed E-state index contributed by atoms with van der Waals surface area (Å²) >= 11 is 14.6. The van der Waals surface area contributed by atoms with E-state index in [4.69, 9.17) is 37.4 Å². The SMILES string of the molecule is CCCC(=O)Oc1c(Cl)cc(/C=C2\N=C(c3cc(I)ccc3Cl)OC2=O)cc1OC. The Kier molecular flexibility index (Phi) is 7.38. The van der Waals surface area contributed by atoms with Crippen LogP contribution in [0.3, 0.4) is 0 Å². The lowest BCUT2D eigenvalue weighted by Crippen LogP contribution is -2.08. The first-order valence-corrected chi connectivity index (χ1v) is 10.7. The standard InChI is InChI=1S/C21H16Cl2INO5/c1-3-4-18(26)29-19-15(23)7-11(9-17(19)28-2)8-16-21(27)30-20(25-16)13-10-12(24)5-6-14(13)22/h5-10H,3-4H2,1-2H3/b16-8-. The molecule has 0 fully saturated rings. The van der Waals surface area contributed by atoms with E-state index in [0.29, 0.717) is 22.6 Å². The number of rotatable bonds is 6. The van der Waals surface area contributed by atoms with Crippen LogP contribution in [0, 0.1) is 3.57 Å². The molecule has 0 amide bonds. The van der Waals surface area contributed by atoms with Crippen LogP contribution in [0.2, 0.25) is 10.0 Å². The molecule has 30 heavy (non-hydrogen) atoms. The van der Waals surface area contributed by atoms with Gasteiger partial charge < -0.3 is 14.2 Å². The van der Waals surface area contributed by atoms with Crippen LogP contribution >= 0.6 is 45.8 Å². The number of halogens is 3. The zero-order valence-electron chi connectivity index (χ0n) is 16.0. The molecule has 0 bridgehead atoms. The fourth-order valence-electron chi connectivity index (χ4n) is 2.63. The zero-order chi connectivity index (χ0) is 21.8. The summed E-state index contributed by atoms with van der Waals surface area (Å²) in [4.78, 5) is 28.4. The second kappa shape index (κ2) is 9.80. The number of aliphatic imine (C=N–C) groups is 1. The number of esters is 2. The summed E-state index contributed by atoms with van der Waals surface area (Å²) in [5.74, 6) is -0.517. The third-order valence-electron chi connectivity index (χ3n) is 4.00. The number of carbonyl (C=O) groups is 2. The van der Waals surface area contributed by atoms with Gasteiger partial charge in [-0.1, -0.05) is 30.1 Å². The Bertz CT molecular complexity index is 1080.